The van der Waals surface area contributed by atoms with Crippen molar-refractivity contribution in [2.45, 2.75) is 41.5 Å². The zero-order valence-electron chi connectivity index (χ0n) is 9.44. The number of nitrogens with zero attached hydrogens (tertiary/aromatic N) is 1. The van der Waals surface area contributed by atoms with Crippen LogP contribution < -0.4 is 0 Å². The average Bonchev–Trinajstić information content (AvgIpc) is 2.21. The van der Waals surface area contributed by atoms with E-state index in [9.17, 15) is 0 Å². The summed E-state index contributed by atoms with van der Waals surface area (Å²) < 4.78 is 0. The zero-order chi connectivity index (χ0) is 10.6. The van der Waals surface area contributed by atoms with Crippen molar-refractivity contribution in [3.63, 3.8) is 0 Å². The molecule has 1 nitrogen and oxygen atoms in total. The molecule has 0 atom stereocenters. The van der Waals surface area contributed by atoms with Crippen molar-refractivity contribution >= 4 is 6.72 Å². The summed E-state index contributed by atoms with van der Waals surface area (Å²) in [6, 6.07) is 0. The van der Waals surface area contributed by atoms with Crippen LogP contribution in [0.3, 0.4) is 0 Å². The summed E-state index contributed by atoms with van der Waals surface area (Å²) in [5, 5.41) is 0. The first-order valence-corrected chi connectivity index (χ1v) is 4.49. The van der Waals surface area contributed by atoms with E-state index >= 15 is 0 Å². The highest BCUT2D eigenvalue weighted by Gasteiger charge is 1.83. The van der Waals surface area contributed by atoms with Crippen molar-refractivity contribution < 1.29 is 0 Å². The maximum atomic E-state index is 3.72. The molecule has 0 saturated carbocycles. The number of allylic oxidation sites excluding steroid dienone is 3. The number of aliphatic imine (C=N–C) groups is 1. The van der Waals surface area contributed by atoms with Gasteiger partial charge in [0.05, 0.1) is 0 Å². The van der Waals surface area contributed by atoms with E-state index in [0.29, 0.717) is 0 Å². The van der Waals surface area contributed by atoms with Gasteiger partial charge in [0.15, 0.2) is 0 Å². The van der Waals surface area contributed by atoms with E-state index in [1.165, 1.54) is 0 Å². The summed E-state index contributed by atoms with van der Waals surface area (Å²) in [4.78, 5) is 3.72. The van der Waals surface area contributed by atoms with Crippen LogP contribution in [0.2, 0.25) is 0 Å². The monoisotopic (exact) mass is 169 g/mol. The lowest BCUT2D eigenvalue weighted by Gasteiger charge is -1.91. The lowest BCUT2D eigenvalue weighted by atomic mass is 10.2. The summed E-state index contributed by atoms with van der Waals surface area (Å²) >= 11 is 0. The number of rotatable bonds is 2. The van der Waals surface area contributed by atoms with E-state index in [4.69, 9.17) is 0 Å². The van der Waals surface area contributed by atoms with Gasteiger partial charge in [-0.1, -0.05) is 40.3 Å². The first-order chi connectivity index (χ1) is 5.72. The van der Waals surface area contributed by atoms with E-state index in [0.717, 1.165) is 11.3 Å². The van der Waals surface area contributed by atoms with Gasteiger partial charge in [0.1, 0.15) is 0 Å². The molecule has 0 radical (unpaired) electrons. The van der Waals surface area contributed by atoms with E-state index in [-0.39, 0.29) is 0 Å². The van der Waals surface area contributed by atoms with E-state index < -0.39 is 0 Å². The molecule has 0 aliphatic carbocycles. The van der Waals surface area contributed by atoms with Crippen molar-refractivity contribution in [1.29, 1.82) is 0 Å². The van der Waals surface area contributed by atoms with Gasteiger partial charge >= 0.3 is 0 Å². The third-order valence-electron chi connectivity index (χ3n) is 1.11. The van der Waals surface area contributed by atoms with Crippen molar-refractivity contribution in [3.8, 4) is 0 Å². The molecule has 0 aliphatic rings. The fourth-order valence-electron chi connectivity index (χ4n) is 0.272. The lowest BCUT2D eigenvalue weighted by Crippen LogP contribution is -1.72. The van der Waals surface area contributed by atoms with Crippen LogP contribution in [0.15, 0.2) is 28.9 Å². The Morgan fingerprint density at radius 1 is 1.08 bits per heavy atom. The van der Waals surface area contributed by atoms with Gasteiger partial charge in [-0.05, 0) is 26.1 Å². The van der Waals surface area contributed by atoms with Gasteiger partial charge in [-0.25, -0.2) is 0 Å². The SMILES string of the molecule is C=C/C(C)=C(/C)N=C.CC.CC. The molecule has 0 rings (SSSR count). The van der Waals surface area contributed by atoms with Crippen LogP contribution in [-0.2, 0) is 0 Å². The third kappa shape index (κ3) is 11.9. The minimum atomic E-state index is 0.944. The van der Waals surface area contributed by atoms with Gasteiger partial charge in [-0.2, -0.15) is 0 Å². The Labute approximate surface area is 77.9 Å². The Morgan fingerprint density at radius 2 is 1.42 bits per heavy atom. The molecule has 0 aromatic heterocycles. The quantitative estimate of drug-likeness (QED) is 0.433. The molecule has 0 saturated heterocycles. The number of hydrogen-bond donors (Lipinski definition) is 0. The lowest BCUT2D eigenvalue weighted by molar-refractivity contribution is 1.25. The fraction of sp³-hybridized carbons (Fsp3) is 0.545. The molecule has 0 aromatic carbocycles. The molecule has 0 heterocycles. The van der Waals surface area contributed by atoms with Gasteiger partial charge in [0, 0.05) is 5.70 Å². The van der Waals surface area contributed by atoms with Crippen LogP contribution in [0.4, 0.5) is 0 Å². The molecule has 0 N–H and O–H groups in total. The molecular formula is C11H23N. The third-order valence-corrected chi connectivity index (χ3v) is 1.11. The van der Waals surface area contributed by atoms with Crippen molar-refractivity contribution in [3.05, 3.63) is 23.9 Å². The van der Waals surface area contributed by atoms with Crippen molar-refractivity contribution in [2.75, 3.05) is 0 Å². The summed E-state index contributed by atoms with van der Waals surface area (Å²) in [5.41, 5.74) is 2.03. The maximum Gasteiger partial charge on any atom is 0.0394 e. The van der Waals surface area contributed by atoms with Gasteiger partial charge < -0.3 is 0 Å². The highest BCUT2D eigenvalue weighted by molar-refractivity contribution is 5.31. The first kappa shape index (κ1) is 17.3. The van der Waals surface area contributed by atoms with E-state index in [1.54, 1.807) is 6.08 Å². The van der Waals surface area contributed by atoms with Crippen molar-refractivity contribution in [1.82, 2.24) is 0 Å². The summed E-state index contributed by atoms with van der Waals surface area (Å²) in [7, 11) is 0. The molecule has 1 heteroatoms. The minimum Gasteiger partial charge on any atom is -0.269 e. The second-order valence-corrected chi connectivity index (χ2v) is 1.63. The fourth-order valence-corrected chi connectivity index (χ4v) is 0.272. The minimum absolute atomic E-state index is 0.944. The molecule has 0 spiro atoms. The van der Waals surface area contributed by atoms with Crippen LogP contribution in [0.5, 0.6) is 0 Å². The highest BCUT2D eigenvalue weighted by Crippen LogP contribution is 2.02. The van der Waals surface area contributed by atoms with Gasteiger partial charge in [0.2, 0.25) is 0 Å². The van der Waals surface area contributed by atoms with E-state index in [2.05, 4.69) is 18.3 Å². The molecule has 72 valence electrons. The summed E-state index contributed by atoms with van der Waals surface area (Å²) in [6.07, 6.45) is 1.77. The summed E-state index contributed by atoms with van der Waals surface area (Å²) in [6.45, 7) is 18.8. The van der Waals surface area contributed by atoms with Crippen LogP contribution in [-0.4, -0.2) is 6.72 Å². The molecule has 12 heavy (non-hydrogen) atoms. The Bertz CT molecular complexity index is 116. The van der Waals surface area contributed by atoms with Crippen LogP contribution in [0.25, 0.3) is 0 Å². The predicted molar refractivity (Wildman–Crippen MR) is 60.8 cm³/mol. The zero-order valence-corrected chi connectivity index (χ0v) is 9.44. The smallest absolute Gasteiger partial charge is 0.0394 e. The molecule has 0 unspecified atom stereocenters. The second-order valence-electron chi connectivity index (χ2n) is 1.63. The van der Waals surface area contributed by atoms with Crippen LogP contribution >= 0.6 is 0 Å². The van der Waals surface area contributed by atoms with Gasteiger partial charge in [0.25, 0.3) is 0 Å². The van der Waals surface area contributed by atoms with Gasteiger partial charge in [-0.15, -0.1) is 0 Å². The normalized spacial score (nSPS) is 9.17. The van der Waals surface area contributed by atoms with Crippen LogP contribution in [0.1, 0.15) is 41.5 Å². The molecule has 0 aromatic rings. The Balaban J connectivity index is -0.000000175. The maximum absolute atomic E-state index is 3.72. The average molecular weight is 169 g/mol. The Morgan fingerprint density at radius 3 is 1.50 bits per heavy atom. The molecule has 0 amide bonds. The topological polar surface area (TPSA) is 12.4 Å². The molecular weight excluding hydrogens is 146 g/mol. The predicted octanol–water partition coefficient (Wildman–Crippen LogP) is 4.22. The largest absolute Gasteiger partial charge is 0.269 e. The van der Waals surface area contributed by atoms with Crippen LogP contribution in [0, 0.1) is 0 Å². The Kier molecular flexibility index (Phi) is 24.0. The second kappa shape index (κ2) is 16.6. The standard InChI is InChI=1S/C7H11N.2C2H6/c1-5-6(2)7(3)8-4;2*1-2/h5H,1,4H2,2-3H3;2*1-2H3/b7-6-;;. The first-order valence-electron chi connectivity index (χ1n) is 4.49. The van der Waals surface area contributed by atoms with Gasteiger partial charge in [-0.3, -0.25) is 4.99 Å². The van der Waals surface area contributed by atoms with Crippen molar-refractivity contribution in [2.24, 2.45) is 4.99 Å². The molecule has 0 bridgehead atoms. The van der Waals surface area contributed by atoms with E-state index in [1.807, 2.05) is 41.5 Å². The number of hydrogen-bond acceptors (Lipinski definition) is 1. The highest BCUT2D eigenvalue weighted by atomic mass is 14.7. The summed E-state index contributed by atoms with van der Waals surface area (Å²) in [5.74, 6) is 0. The molecule has 0 fully saturated rings. The Hall–Kier alpha value is -0.850. The molecule has 0 aliphatic heterocycles.